The number of nitrogens with zero attached hydrogens (tertiary/aromatic N) is 2. The van der Waals surface area contributed by atoms with Gasteiger partial charge in [0.15, 0.2) is 0 Å². The van der Waals surface area contributed by atoms with Gasteiger partial charge < -0.3 is 13.9 Å². The molecule has 11 nitrogen and oxygen atoms in total. The molecule has 37 heavy (non-hydrogen) atoms. The first-order valence-electron chi connectivity index (χ1n) is 11.4. The molecule has 3 aromatic rings. The number of urea groups is 1. The fraction of sp³-hybridized carbons (Fsp3) is 0.192. The first kappa shape index (κ1) is 25.2. The number of nitro groups is 1. The number of carbonyl (C=O) groups excluding carboxylic acids is 3. The Labute approximate surface area is 211 Å². The molecule has 0 spiro atoms. The van der Waals surface area contributed by atoms with E-state index in [1.165, 1.54) is 24.3 Å². The monoisotopic (exact) mass is 505 g/mol. The van der Waals surface area contributed by atoms with Crippen molar-refractivity contribution in [1.82, 2.24) is 5.32 Å². The molecule has 190 valence electrons. The Balaban J connectivity index is 1.70. The summed E-state index contributed by atoms with van der Waals surface area (Å²) in [7, 11) is 0. The molecule has 1 fully saturated rings. The van der Waals surface area contributed by atoms with Crippen molar-refractivity contribution in [2.75, 3.05) is 18.1 Å². The molecule has 2 aromatic carbocycles. The number of barbiturate groups is 1. The number of rotatable bonds is 8. The van der Waals surface area contributed by atoms with Crippen LogP contribution in [-0.2, 0) is 9.59 Å². The van der Waals surface area contributed by atoms with Crippen molar-refractivity contribution in [1.29, 1.82) is 0 Å². The van der Waals surface area contributed by atoms with Crippen molar-refractivity contribution < 1.29 is 33.2 Å². The van der Waals surface area contributed by atoms with Crippen LogP contribution in [0.5, 0.6) is 11.5 Å². The molecule has 0 atom stereocenters. The molecule has 4 amide bonds. The maximum atomic E-state index is 13.4. The second-order valence-corrected chi connectivity index (χ2v) is 7.91. The minimum Gasteiger partial charge on any atom is -0.494 e. The van der Waals surface area contributed by atoms with Gasteiger partial charge in [0.1, 0.15) is 28.6 Å². The lowest BCUT2D eigenvalue weighted by atomic mass is 10.1. The first-order chi connectivity index (χ1) is 17.7. The predicted octanol–water partition coefficient (Wildman–Crippen LogP) is 4.63. The van der Waals surface area contributed by atoms with Gasteiger partial charge in [0.05, 0.1) is 23.8 Å². The van der Waals surface area contributed by atoms with Crippen molar-refractivity contribution in [2.24, 2.45) is 0 Å². The zero-order valence-corrected chi connectivity index (χ0v) is 20.3. The summed E-state index contributed by atoms with van der Waals surface area (Å²) >= 11 is 0. The zero-order valence-electron chi connectivity index (χ0n) is 20.3. The second kappa shape index (κ2) is 10.4. The van der Waals surface area contributed by atoms with E-state index in [-0.39, 0.29) is 35.1 Å². The van der Waals surface area contributed by atoms with Crippen LogP contribution >= 0.6 is 0 Å². The van der Waals surface area contributed by atoms with Crippen molar-refractivity contribution in [3.8, 4) is 22.8 Å². The van der Waals surface area contributed by atoms with Crippen LogP contribution in [-0.4, -0.2) is 36.0 Å². The summed E-state index contributed by atoms with van der Waals surface area (Å²) in [6.07, 6.45) is 1.20. The topological polar surface area (TPSA) is 141 Å². The van der Waals surface area contributed by atoms with Crippen LogP contribution in [0.3, 0.4) is 0 Å². The summed E-state index contributed by atoms with van der Waals surface area (Å²) in [4.78, 5) is 50.3. The lowest BCUT2D eigenvalue weighted by molar-refractivity contribution is -0.385. The van der Waals surface area contributed by atoms with Gasteiger partial charge in [-0.15, -0.1) is 0 Å². The maximum Gasteiger partial charge on any atom is 0.336 e. The minimum absolute atomic E-state index is 0.0656. The standard InChI is InChI=1S/C26H23N3O8/c1-4-35-17-8-11-23(36-5-2)21(14-17)28-25(31)19(24(30)27-26(28)32)13-18-9-10-22(37-18)16-7-6-15(3)20(12-16)29(33)34/h6-14H,4-5H2,1-3H3,(H,27,30,32)/b19-13+. The number of hydrogen-bond acceptors (Lipinski definition) is 8. The molecule has 0 bridgehead atoms. The van der Waals surface area contributed by atoms with Gasteiger partial charge >= 0.3 is 6.03 Å². The molecule has 4 rings (SSSR count). The van der Waals surface area contributed by atoms with Crippen molar-refractivity contribution in [3.05, 3.63) is 75.5 Å². The number of furan rings is 1. The molecule has 1 aliphatic rings. The molecular formula is C26H23N3O8. The highest BCUT2D eigenvalue weighted by molar-refractivity contribution is 6.39. The molecule has 0 radical (unpaired) electrons. The molecule has 1 aliphatic heterocycles. The van der Waals surface area contributed by atoms with Crippen LogP contribution in [0, 0.1) is 17.0 Å². The highest BCUT2D eigenvalue weighted by Crippen LogP contribution is 2.35. The quantitative estimate of drug-likeness (QED) is 0.202. The Morgan fingerprint density at radius 3 is 2.49 bits per heavy atom. The summed E-state index contributed by atoms with van der Waals surface area (Å²) in [5.74, 6) is -0.675. The Kier molecular flexibility index (Phi) is 7.05. The number of hydrogen-bond donors (Lipinski definition) is 1. The van der Waals surface area contributed by atoms with Crippen LogP contribution in [0.4, 0.5) is 16.2 Å². The predicted molar refractivity (Wildman–Crippen MR) is 133 cm³/mol. The first-order valence-corrected chi connectivity index (χ1v) is 11.4. The largest absolute Gasteiger partial charge is 0.494 e. The van der Waals surface area contributed by atoms with Crippen LogP contribution in [0.1, 0.15) is 25.2 Å². The third-order valence-electron chi connectivity index (χ3n) is 5.49. The average Bonchev–Trinajstić information content (AvgIpc) is 3.32. The molecule has 11 heteroatoms. The summed E-state index contributed by atoms with van der Waals surface area (Å²) in [5, 5.41) is 13.4. The third-order valence-corrected chi connectivity index (χ3v) is 5.49. The zero-order chi connectivity index (χ0) is 26.7. The van der Waals surface area contributed by atoms with Crippen LogP contribution in [0.25, 0.3) is 17.4 Å². The van der Waals surface area contributed by atoms with E-state index in [0.717, 1.165) is 4.90 Å². The fourth-order valence-electron chi connectivity index (χ4n) is 3.77. The SMILES string of the molecule is CCOc1ccc(OCC)c(N2C(=O)NC(=O)/C(=C\c3ccc(-c4ccc(C)c([N+](=O)[O-])c4)o3)C2=O)c1. The van der Waals surface area contributed by atoms with E-state index in [1.807, 2.05) is 0 Å². The average molecular weight is 505 g/mol. The second-order valence-electron chi connectivity index (χ2n) is 7.91. The van der Waals surface area contributed by atoms with E-state index >= 15 is 0 Å². The molecule has 0 saturated carbocycles. The highest BCUT2D eigenvalue weighted by Gasteiger charge is 2.38. The number of amides is 4. The third kappa shape index (κ3) is 5.06. The van der Waals surface area contributed by atoms with Crippen molar-refractivity contribution >= 4 is 35.3 Å². The van der Waals surface area contributed by atoms with Gasteiger partial charge in [-0.25, -0.2) is 9.69 Å². The summed E-state index contributed by atoms with van der Waals surface area (Å²) in [6, 6.07) is 11.5. The number of aryl methyl sites for hydroxylation is 1. The Morgan fingerprint density at radius 1 is 1.03 bits per heavy atom. The van der Waals surface area contributed by atoms with Crippen LogP contribution in [0.2, 0.25) is 0 Å². The van der Waals surface area contributed by atoms with E-state index in [0.29, 0.717) is 29.2 Å². The van der Waals surface area contributed by atoms with Gasteiger partial charge in [-0.3, -0.25) is 25.0 Å². The molecule has 0 aliphatic carbocycles. The number of ether oxygens (including phenoxy) is 2. The van der Waals surface area contributed by atoms with E-state index in [9.17, 15) is 24.5 Å². The van der Waals surface area contributed by atoms with E-state index < -0.39 is 22.8 Å². The number of carbonyl (C=O) groups is 3. The molecular weight excluding hydrogens is 482 g/mol. The van der Waals surface area contributed by atoms with Gasteiger partial charge in [0.2, 0.25) is 0 Å². The maximum absolute atomic E-state index is 13.4. The van der Waals surface area contributed by atoms with E-state index in [4.69, 9.17) is 13.9 Å². The van der Waals surface area contributed by atoms with Crippen molar-refractivity contribution in [3.63, 3.8) is 0 Å². The highest BCUT2D eigenvalue weighted by atomic mass is 16.6. The number of benzene rings is 2. The molecule has 1 aromatic heterocycles. The number of nitrogens with one attached hydrogen (secondary N) is 1. The number of imide groups is 2. The molecule has 1 saturated heterocycles. The Hall–Kier alpha value is -4.93. The van der Waals surface area contributed by atoms with Gasteiger partial charge in [-0.1, -0.05) is 12.1 Å². The Morgan fingerprint density at radius 2 is 1.78 bits per heavy atom. The Bertz CT molecular complexity index is 1440. The van der Waals surface area contributed by atoms with E-state index in [1.54, 1.807) is 51.1 Å². The minimum atomic E-state index is -0.936. The molecule has 2 heterocycles. The lowest BCUT2D eigenvalue weighted by Gasteiger charge is -2.28. The van der Waals surface area contributed by atoms with Gasteiger partial charge in [-0.2, -0.15) is 0 Å². The van der Waals surface area contributed by atoms with Gasteiger partial charge in [0, 0.05) is 23.3 Å². The molecule has 1 N–H and O–H groups in total. The fourth-order valence-corrected chi connectivity index (χ4v) is 3.77. The normalized spacial score (nSPS) is 14.6. The number of anilines is 1. The number of nitro benzene ring substituents is 1. The lowest BCUT2D eigenvalue weighted by Crippen LogP contribution is -2.54. The van der Waals surface area contributed by atoms with Crippen LogP contribution < -0.4 is 19.7 Å². The smallest absolute Gasteiger partial charge is 0.336 e. The summed E-state index contributed by atoms with van der Waals surface area (Å²) < 4.78 is 16.8. The van der Waals surface area contributed by atoms with E-state index in [2.05, 4.69) is 5.32 Å². The van der Waals surface area contributed by atoms with Crippen LogP contribution in [0.15, 0.2) is 58.5 Å². The van der Waals surface area contributed by atoms with Gasteiger partial charge in [-0.05, 0) is 51.1 Å². The van der Waals surface area contributed by atoms with Gasteiger partial charge in [0.25, 0.3) is 17.5 Å². The van der Waals surface area contributed by atoms with Crippen molar-refractivity contribution in [2.45, 2.75) is 20.8 Å². The molecule has 0 unspecified atom stereocenters. The summed E-state index contributed by atoms with van der Waals surface area (Å²) in [5.41, 5.74) is 0.647. The summed E-state index contributed by atoms with van der Waals surface area (Å²) in [6.45, 7) is 5.81.